The van der Waals surface area contributed by atoms with E-state index in [-0.39, 0.29) is 0 Å². The summed E-state index contributed by atoms with van der Waals surface area (Å²) in [5.41, 5.74) is 0.453. The fourth-order valence-corrected chi connectivity index (χ4v) is 3.57. The van der Waals surface area contributed by atoms with E-state index in [2.05, 4.69) is 46.9 Å². The molecular formula is C17H35N. The van der Waals surface area contributed by atoms with Gasteiger partial charge in [0.2, 0.25) is 0 Å². The molecule has 1 nitrogen and oxygen atoms in total. The van der Waals surface area contributed by atoms with E-state index in [0.29, 0.717) is 11.5 Å². The van der Waals surface area contributed by atoms with Gasteiger partial charge in [-0.1, -0.05) is 53.9 Å². The SMILES string of the molecule is CCC(C)CC(C)NC1CCCCC1C(C)(C)C. The van der Waals surface area contributed by atoms with Crippen LogP contribution in [0, 0.1) is 17.3 Å². The summed E-state index contributed by atoms with van der Waals surface area (Å²) in [6.07, 6.45) is 8.27. The molecule has 1 N–H and O–H groups in total. The third-order valence-corrected chi connectivity index (χ3v) is 4.83. The zero-order valence-corrected chi connectivity index (χ0v) is 13.6. The first-order valence-electron chi connectivity index (χ1n) is 8.10. The lowest BCUT2D eigenvalue weighted by Gasteiger charge is -2.42. The molecule has 0 aromatic carbocycles. The smallest absolute Gasteiger partial charge is 0.0103 e. The fraction of sp³-hybridized carbons (Fsp3) is 1.00. The van der Waals surface area contributed by atoms with Gasteiger partial charge in [-0.15, -0.1) is 0 Å². The van der Waals surface area contributed by atoms with Crippen LogP contribution in [0.2, 0.25) is 0 Å². The third-order valence-electron chi connectivity index (χ3n) is 4.83. The third kappa shape index (κ3) is 4.91. The summed E-state index contributed by atoms with van der Waals surface area (Å²) in [4.78, 5) is 0. The minimum atomic E-state index is 0.453. The normalized spacial score (nSPS) is 29.0. The number of hydrogen-bond donors (Lipinski definition) is 1. The molecule has 0 aliphatic heterocycles. The topological polar surface area (TPSA) is 12.0 Å². The Hall–Kier alpha value is -0.0400. The first kappa shape index (κ1) is 16.0. The lowest BCUT2D eigenvalue weighted by Crippen LogP contribution is -2.47. The summed E-state index contributed by atoms with van der Waals surface area (Å²) in [5.74, 6) is 1.70. The summed E-state index contributed by atoms with van der Waals surface area (Å²) < 4.78 is 0. The predicted octanol–water partition coefficient (Wildman–Crippen LogP) is 5.01. The molecule has 108 valence electrons. The zero-order chi connectivity index (χ0) is 13.8. The maximum absolute atomic E-state index is 3.94. The van der Waals surface area contributed by atoms with Crippen molar-refractivity contribution in [1.29, 1.82) is 0 Å². The lowest BCUT2D eigenvalue weighted by atomic mass is 9.69. The molecular weight excluding hydrogens is 218 g/mol. The highest BCUT2D eigenvalue weighted by molar-refractivity contribution is 4.89. The molecule has 1 fully saturated rings. The standard InChI is InChI=1S/C17H35N/c1-7-13(2)12-14(3)18-16-11-9-8-10-15(16)17(4,5)6/h13-16,18H,7-12H2,1-6H3. The van der Waals surface area contributed by atoms with Crippen LogP contribution < -0.4 is 5.32 Å². The Morgan fingerprint density at radius 2 is 1.72 bits per heavy atom. The van der Waals surface area contributed by atoms with Gasteiger partial charge in [-0.2, -0.15) is 0 Å². The first-order valence-corrected chi connectivity index (χ1v) is 8.10. The molecule has 0 saturated heterocycles. The Bertz CT molecular complexity index is 228. The van der Waals surface area contributed by atoms with Gasteiger partial charge < -0.3 is 5.32 Å². The van der Waals surface area contributed by atoms with Crippen LogP contribution in [0.15, 0.2) is 0 Å². The van der Waals surface area contributed by atoms with Gasteiger partial charge in [0.05, 0.1) is 0 Å². The molecule has 0 radical (unpaired) electrons. The van der Waals surface area contributed by atoms with Crippen LogP contribution in [0.25, 0.3) is 0 Å². The van der Waals surface area contributed by atoms with E-state index >= 15 is 0 Å². The van der Waals surface area contributed by atoms with Crippen LogP contribution in [-0.2, 0) is 0 Å². The van der Waals surface area contributed by atoms with Crippen LogP contribution in [0.4, 0.5) is 0 Å². The maximum atomic E-state index is 3.94. The molecule has 0 heterocycles. The molecule has 0 aromatic heterocycles. The number of rotatable bonds is 5. The number of nitrogens with one attached hydrogen (secondary N) is 1. The molecule has 0 spiro atoms. The van der Waals surface area contributed by atoms with Gasteiger partial charge in [-0.05, 0) is 43.4 Å². The van der Waals surface area contributed by atoms with Crippen molar-refractivity contribution in [1.82, 2.24) is 5.32 Å². The second-order valence-corrected chi connectivity index (χ2v) is 7.68. The van der Waals surface area contributed by atoms with E-state index in [4.69, 9.17) is 0 Å². The molecule has 1 heteroatoms. The van der Waals surface area contributed by atoms with Gasteiger partial charge in [0.15, 0.2) is 0 Å². The van der Waals surface area contributed by atoms with E-state index in [0.717, 1.165) is 17.9 Å². The van der Waals surface area contributed by atoms with Gasteiger partial charge in [0, 0.05) is 12.1 Å². The first-order chi connectivity index (χ1) is 8.34. The monoisotopic (exact) mass is 253 g/mol. The van der Waals surface area contributed by atoms with Crippen molar-refractivity contribution in [3.8, 4) is 0 Å². The van der Waals surface area contributed by atoms with Crippen molar-refractivity contribution in [2.45, 2.75) is 92.2 Å². The highest BCUT2D eigenvalue weighted by Crippen LogP contribution is 2.38. The maximum Gasteiger partial charge on any atom is 0.0103 e. The van der Waals surface area contributed by atoms with Crippen LogP contribution >= 0.6 is 0 Å². The Balaban J connectivity index is 2.51. The van der Waals surface area contributed by atoms with Crippen molar-refractivity contribution in [3.63, 3.8) is 0 Å². The molecule has 4 unspecified atom stereocenters. The van der Waals surface area contributed by atoms with E-state index < -0.39 is 0 Å². The van der Waals surface area contributed by atoms with E-state index in [1.54, 1.807) is 0 Å². The van der Waals surface area contributed by atoms with Crippen molar-refractivity contribution in [3.05, 3.63) is 0 Å². The van der Waals surface area contributed by atoms with E-state index in [1.807, 2.05) is 0 Å². The minimum absolute atomic E-state index is 0.453. The molecule has 1 aliphatic carbocycles. The predicted molar refractivity (Wildman–Crippen MR) is 81.9 cm³/mol. The lowest BCUT2D eigenvalue weighted by molar-refractivity contribution is 0.121. The van der Waals surface area contributed by atoms with Gasteiger partial charge in [0.25, 0.3) is 0 Å². The molecule has 1 aliphatic rings. The molecule has 1 rings (SSSR count). The Morgan fingerprint density at radius 1 is 1.11 bits per heavy atom. The van der Waals surface area contributed by atoms with E-state index in [9.17, 15) is 0 Å². The second kappa shape index (κ2) is 6.93. The average molecular weight is 253 g/mol. The average Bonchev–Trinajstić information content (AvgIpc) is 2.27. The highest BCUT2D eigenvalue weighted by atomic mass is 15.0. The largest absolute Gasteiger partial charge is 0.311 e. The summed E-state index contributed by atoms with van der Waals surface area (Å²) in [6, 6.07) is 1.42. The summed E-state index contributed by atoms with van der Waals surface area (Å²) in [7, 11) is 0. The molecule has 1 saturated carbocycles. The van der Waals surface area contributed by atoms with Crippen molar-refractivity contribution in [2.75, 3.05) is 0 Å². The minimum Gasteiger partial charge on any atom is -0.311 e. The Kier molecular flexibility index (Phi) is 6.17. The van der Waals surface area contributed by atoms with Gasteiger partial charge in [-0.3, -0.25) is 0 Å². The molecule has 4 atom stereocenters. The van der Waals surface area contributed by atoms with E-state index in [1.165, 1.54) is 38.5 Å². The van der Waals surface area contributed by atoms with Gasteiger partial charge >= 0.3 is 0 Å². The van der Waals surface area contributed by atoms with Crippen LogP contribution in [0.1, 0.15) is 80.1 Å². The van der Waals surface area contributed by atoms with Crippen molar-refractivity contribution in [2.24, 2.45) is 17.3 Å². The Morgan fingerprint density at radius 3 is 2.28 bits per heavy atom. The summed E-state index contributed by atoms with van der Waals surface area (Å²) >= 11 is 0. The number of hydrogen-bond acceptors (Lipinski definition) is 1. The quantitative estimate of drug-likeness (QED) is 0.726. The summed E-state index contributed by atoms with van der Waals surface area (Å²) in [6.45, 7) is 14.3. The van der Waals surface area contributed by atoms with Crippen molar-refractivity contribution < 1.29 is 0 Å². The Labute approximate surface area is 115 Å². The van der Waals surface area contributed by atoms with Crippen LogP contribution in [-0.4, -0.2) is 12.1 Å². The molecule has 0 aromatic rings. The van der Waals surface area contributed by atoms with Gasteiger partial charge in [-0.25, -0.2) is 0 Å². The zero-order valence-electron chi connectivity index (χ0n) is 13.6. The van der Waals surface area contributed by atoms with Crippen molar-refractivity contribution >= 4 is 0 Å². The summed E-state index contributed by atoms with van der Waals surface area (Å²) in [5, 5.41) is 3.94. The molecule has 0 bridgehead atoms. The van der Waals surface area contributed by atoms with Crippen LogP contribution in [0.3, 0.4) is 0 Å². The highest BCUT2D eigenvalue weighted by Gasteiger charge is 2.34. The second-order valence-electron chi connectivity index (χ2n) is 7.68. The van der Waals surface area contributed by atoms with Crippen LogP contribution in [0.5, 0.6) is 0 Å². The fourth-order valence-electron chi connectivity index (χ4n) is 3.57. The van der Waals surface area contributed by atoms with Gasteiger partial charge in [0.1, 0.15) is 0 Å². The molecule has 0 amide bonds. The molecule has 18 heavy (non-hydrogen) atoms.